The lowest BCUT2D eigenvalue weighted by molar-refractivity contribution is 0.0741. The number of carbonyl (C=O) groups excluding carboxylic acids is 1. The third-order valence-corrected chi connectivity index (χ3v) is 4.41. The van der Waals surface area contributed by atoms with Crippen molar-refractivity contribution >= 4 is 11.6 Å². The Bertz CT molecular complexity index is 703. The lowest BCUT2D eigenvalue weighted by Gasteiger charge is -2.36. The molecular formula is C18H24N4O2. The second-order valence-electron chi connectivity index (χ2n) is 6.25. The van der Waals surface area contributed by atoms with Crippen molar-refractivity contribution in [1.82, 2.24) is 14.5 Å². The summed E-state index contributed by atoms with van der Waals surface area (Å²) in [5.74, 6) is 0.877. The third-order valence-electron chi connectivity index (χ3n) is 4.41. The molecule has 128 valence electrons. The molecule has 1 aliphatic heterocycles. The Hall–Kier alpha value is -2.50. The van der Waals surface area contributed by atoms with Gasteiger partial charge in [-0.2, -0.15) is 0 Å². The molecule has 0 unspecified atom stereocenters. The summed E-state index contributed by atoms with van der Waals surface area (Å²) in [6, 6.07) is 8.30. The number of rotatable bonds is 4. The number of nitrogens with zero attached hydrogens (tertiary/aromatic N) is 4. The second kappa shape index (κ2) is 6.95. The van der Waals surface area contributed by atoms with E-state index in [4.69, 9.17) is 4.74 Å². The summed E-state index contributed by atoms with van der Waals surface area (Å²) in [6.07, 6.45) is 3.56. The van der Waals surface area contributed by atoms with Crippen LogP contribution in [0, 0.1) is 0 Å². The number of para-hydroxylation sites is 2. The molecule has 1 fully saturated rings. The predicted molar refractivity (Wildman–Crippen MR) is 93.7 cm³/mol. The fourth-order valence-electron chi connectivity index (χ4n) is 2.93. The van der Waals surface area contributed by atoms with Crippen LogP contribution in [0.15, 0.2) is 36.8 Å². The van der Waals surface area contributed by atoms with Crippen LogP contribution in [-0.4, -0.2) is 53.6 Å². The maximum atomic E-state index is 12.6. The molecule has 1 aromatic carbocycles. The van der Waals surface area contributed by atoms with Crippen molar-refractivity contribution < 1.29 is 9.53 Å². The molecule has 6 nitrogen and oxygen atoms in total. The van der Waals surface area contributed by atoms with Crippen molar-refractivity contribution in [2.75, 3.05) is 38.2 Å². The van der Waals surface area contributed by atoms with Gasteiger partial charge < -0.3 is 19.1 Å². The van der Waals surface area contributed by atoms with Gasteiger partial charge in [0.05, 0.1) is 19.1 Å². The molecule has 24 heavy (non-hydrogen) atoms. The zero-order chi connectivity index (χ0) is 17.1. The van der Waals surface area contributed by atoms with Crippen LogP contribution in [0.5, 0.6) is 5.75 Å². The van der Waals surface area contributed by atoms with Gasteiger partial charge in [0.25, 0.3) is 5.91 Å². The molecule has 0 radical (unpaired) electrons. The molecule has 0 bridgehead atoms. The predicted octanol–water partition coefficient (Wildman–Crippen LogP) is 2.44. The number of piperazine rings is 1. The smallest absolute Gasteiger partial charge is 0.274 e. The Kier molecular flexibility index (Phi) is 4.74. The number of ether oxygens (including phenoxy) is 1. The summed E-state index contributed by atoms with van der Waals surface area (Å²) in [5, 5.41) is 0. The van der Waals surface area contributed by atoms with Crippen LogP contribution in [0.1, 0.15) is 30.4 Å². The van der Waals surface area contributed by atoms with Crippen LogP contribution < -0.4 is 9.64 Å². The Balaban J connectivity index is 1.65. The van der Waals surface area contributed by atoms with E-state index in [1.807, 2.05) is 33.9 Å². The molecule has 2 heterocycles. The Morgan fingerprint density at radius 3 is 2.50 bits per heavy atom. The van der Waals surface area contributed by atoms with E-state index in [9.17, 15) is 4.79 Å². The monoisotopic (exact) mass is 328 g/mol. The van der Waals surface area contributed by atoms with E-state index in [-0.39, 0.29) is 5.91 Å². The van der Waals surface area contributed by atoms with Crippen LogP contribution in [0.4, 0.5) is 5.69 Å². The highest BCUT2D eigenvalue weighted by atomic mass is 16.5. The molecule has 1 aromatic heterocycles. The van der Waals surface area contributed by atoms with E-state index >= 15 is 0 Å². The molecule has 3 rings (SSSR count). The number of benzene rings is 1. The number of hydrogen-bond acceptors (Lipinski definition) is 4. The molecule has 6 heteroatoms. The molecule has 0 atom stereocenters. The van der Waals surface area contributed by atoms with Crippen molar-refractivity contribution in [2.24, 2.45) is 0 Å². The van der Waals surface area contributed by atoms with E-state index in [1.165, 1.54) is 0 Å². The largest absolute Gasteiger partial charge is 0.495 e. The van der Waals surface area contributed by atoms with Gasteiger partial charge in [0.15, 0.2) is 0 Å². The highest BCUT2D eigenvalue weighted by molar-refractivity contribution is 5.92. The average Bonchev–Trinajstić information content (AvgIpc) is 3.11. The van der Waals surface area contributed by atoms with Crippen LogP contribution in [-0.2, 0) is 0 Å². The van der Waals surface area contributed by atoms with E-state index < -0.39 is 0 Å². The van der Waals surface area contributed by atoms with Gasteiger partial charge in [0, 0.05) is 38.4 Å². The Morgan fingerprint density at radius 2 is 1.88 bits per heavy atom. The molecule has 0 saturated carbocycles. The summed E-state index contributed by atoms with van der Waals surface area (Å²) in [5.41, 5.74) is 1.60. The van der Waals surface area contributed by atoms with Crippen LogP contribution >= 0.6 is 0 Å². The number of hydrogen-bond donors (Lipinski definition) is 0. The summed E-state index contributed by atoms with van der Waals surface area (Å²) < 4.78 is 7.39. The van der Waals surface area contributed by atoms with Gasteiger partial charge in [-0.3, -0.25) is 4.79 Å². The standard InChI is InChI=1S/C18H24N4O2/c1-14(2)22-12-15(19-13-22)18(23)21-10-8-20(9-11-21)16-6-4-5-7-17(16)24-3/h4-7,12-14H,8-11H2,1-3H3. The van der Waals surface area contributed by atoms with E-state index in [1.54, 1.807) is 13.4 Å². The number of anilines is 1. The lowest BCUT2D eigenvalue weighted by atomic mass is 10.2. The van der Waals surface area contributed by atoms with Gasteiger partial charge >= 0.3 is 0 Å². The number of amides is 1. The fraction of sp³-hybridized carbons (Fsp3) is 0.444. The minimum absolute atomic E-state index is 0.00840. The van der Waals surface area contributed by atoms with Crippen LogP contribution in [0.2, 0.25) is 0 Å². The first-order valence-corrected chi connectivity index (χ1v) is 8.31. The van der Waals surface area contributed by atoms with E-state index in [0.717, 1.165) is 24.5 Å². The lowest BCUT2D eigenvalue weighted by Crippen LogP contribution is -2.49. The molecule has 1 aliphatic rings. The van der Waals surface area contributed by atoms with Crippen molar-refractivity contribution in [3.63, 3.8) is 0 Å². The molecule has 1 amide bonds. The first-order valence-electron chi connectivity index (χ1n) is 8.31. The Morgan fingerprint density at radius 1 is 1.17 bits per heavy atom. The van der Waals surface area contributed by atoms with Crippen LogP contribution in [0.25, 0.3) is 0 Å². The first-order chi connectivity index (χ1) is 11.6. The fourth-order valence-corrected chi connectivity index (χ4v) is 2.93. The highest BCUT2D eigenvalue weighted by Crippen LogP contribution is 2.28. The summed E-state index contributed by atoms with van der Waals surface area (Å²) in [6.45, 7) is 7.09. The molecule has 0 spiro atoms. The van der Waals surface area contributed by atoms with Crippen molar-refractivity contribution in [1.29, 1.82) is 0 Å². The molecule has 2 aromatic rings. The maximum Gasteiger partial charge on any atom is 0.274 e. The number of aromatic nitrogens is 2. The first kappa shape index (κ1) is 16.4. The molecule has 0 aliphatic carbocycles. The van der Waals surface area contributed by atoms with Gasteiger partial charge in [-0.15, -0.1) is 0 Å². The zero-order valence-electron chi connectivity index (χ0n) is 14.5. The normalized spacial score (nSPS) is 15.0. The topological polar surface area (TPSA) is 50.6 Å². The van der Waals surface area contributed by atoms with Crippen molar-refractivity contribution in [3.8, 4) is 5.75 Å². The van der Waals surface area contributed by atoms with E-state index in [2.05, 4.69) is 29.8 Å². The maximum absolute atomic E-state index is 12.6. The average molecular weight is 328 g/mol. The van der Waals surface area contributed by atoms with Gasteiger partial charge in [0.2, 0.25) is 0 Å². The number of methoxy groups -OCH3 is 1. The van der Waals surface area contributed by atoms with Crippen molar-refractivity contribution in [2.45, 2.75) is 19.9 Å². The van der Waals surface area contributed by atoms with Crippen LogP contribution in [0.3, 0.4) is 0 Å². The Labute approximate surface area is 142 Å². The SMILES string of the molecule is COc1ccccc1N1CCN(C(=O)c2cn(C(C)C)cn2)CC1. The number of carbonyl (C=O) groups is 1. The highest BCUT2D eigenvalue weighted by Gasteiger charge is 2.25. The quantitative estimate of drug-likeness (QED) is 0.865. The second-order valence-corrected chi connectivity index (χ2v) is 6.25. The van der Waals surface area contributed by atoms with Crippen molar-refractivity contribution in [3.05, 3.63) is 42.5 Å². The van der Waals surface area contributed by atoms with Gasteiger partial charge in [-0.25, -0.2) is 4.98 Å². The summed E-state index contributed by atoms with van der Waals surface area (Å²) in [7, 11) is 1.68. The van der Waals surface area contributed by atoms with Gasteiger partial charge in [0.1, 0.15) is 11.4 Å². The van der Waals surface area contributed by atoms with E-state index in [0.29, 0.717) is 24.8 Å². The van der Waals surface area contributed by atoms with Gasteiger partial charge in [-0.1, -0.05) is 12.1 Å². The van der Waals surface area contributed by atoms with Gasteiger partial charge in [-0.05, 0) is 26.0 Å². The third kappa shape index (κ3) is 3.22. The zero-order valence-corrected chi connectivity index (χ0v) is 14.5. The summed E-state index contributed by atoms with van der Waals surface area (Å²) in [4.78, 5) is 21.0. The summed E-state index contributed by atoms with van der Waals surface area (Å²) >= 11 is 0. The minimum Gasteiger partial charge on any atom is -0.495 e. The number of imidazole rings is 1. The minimum atomic E-state index is 0.00840. The molecule has 0 N–H and O–H groups in total. The molecular weight excluding hydrogens is 304 g/mol. The molecule has 1 saturated heterocycles.